The van der Waals surface area contributed by atoms with Crippen LogP contribution < -0.4 is 5.73 Å². The molecule has 0 saturated heterocycles. The number of hydrogen-bond acceptors (Lipinski definition) is 6. The quantitative estimate of drug-likeness (QED) is 0.783. The summed E-state index contributed by atoms with van der Waals surface area (Å²) in [6.07, 6.45) is 2.98. The predicted molar refractivity (Wildman–Crippen MR) is 72.1 cm³/mol. The molecular weight excluding hydrogens is 260 g/mol. The van der Waals surface area contributed by atoms with Gasteiger partial charge in [-0.15, -0.1) is 10.2 Å². The fourth-order valence-corrected chi connectivity index (χ4v) is 2.03. The highest BCUT2D eigenvalue weighted by atomic mass is 16.5. The summed E-state index contributed by atoms with van der Waals surface area (Å²) < 4.78 is 8.35. The van der Waals surface area contributed by atoms with Crippen LogP contribution in [0, 0.1) is 0 Å². The minimum absolute atomic E-state index is 0.169. The molecule has 0 radical (unpaired) electrons. The molecule has 2 aromatic heterocycles. The van der Waals surface area contributed by atoms with Crippen LogP contribution in [0.4, 0.5) is 5.82 Å². The lowest BCUT2D eigenvalue weighted by Crippen LogP contribution is -2.12. The topological polar surface area (TPSA) is 101 Å². The number of esters is 1. The molecule has 0 spiro atoms. The van der Waals surface area contributed by atoms with E-state index in [4.69, 9.17) is 5.73 Å². The SMILES string of the molecule is CCc1nc(C(=O)OC)c(N)n1CCc1nncn1C. The maximum atomic E-state index is 11.6. The van der Waals surface area contributed by atoms with Crippen molar-refractivity contribution in [3.8, 4) is 0 Å². The Labute approximate surface area is 116 Å². The van der Waals surface area contributed by atoms with E-state index in [9.17, 15) is 4.79 Å². The van der Waals surface area contributed by atoms with Gasteiger partial charge in [0.15, 0.2) is 5.69 Å². The van der Waals surface area contributed by atoms with E-state index in [0.717, 1.165) is 11.6 Å². The van der Waals surface area contributed by atoms with Crippen molar-refractivity contribution in [1.82, 2.24) is 24.3 Å². The van der Waals surface area contributed by atoms with Gasteiger partial charge in [-0.25, -0.2) is 9.78 Å². The van der Waals surface area contributed by atoms with Crippen molar-refractivity contribution in [3.05, 3.63) is 23.7 Å². The molecule has 20 heavy (non-hydrogen) atoms. The molecule has 108 valence electrons. The molecule has 0 aliphatic heterocycles. The average molecular weight is 278 g/mol. The number of hydrogen-bond donors (Lipinski definition) is 1. The monoisotopic (exact) mass is 278 g/mol. The van der Waals surface area contributed by atoms with E-state index in [0.29, 0.717) is 25.2 Å². The Kier molecular flexibility index (Phi) is 4.02. The summed E-state index contributed by atoms with van der Waals surface area (Å²) in [5, 5.41) is 7.85. The third-order valence-electron chi connectivity index (χ3n) is 3.14. The Morgan fingerprint density at radius 3 is 2.75 bits per heavy atom. The molecule has 8 nitrogen and oxygen atoms in total. The lowest BCUT2D eigenvalue weighted by molar-refractivity contribution is 0.0595. The van der Waals surface area contributed by atoms with Crippen LogP contribution in [-0.2, 0) is 31.2 Å². The molecule has 2 rings (SSSR count). The molecule has 2 N–H and O–H groups in total. The second-order valence-corrected chi connectivity index (χ2v) is 4.37. The normalized spacial score (nSPS) is 10.8. The molecule has 0 unspecified atom stereocenters. The van der Waals surface area contributed by atoms with Crippen LogP contribution in [0.2, 0.25) is 0 Å². The van der Waals surface area contributed by atoms with E-state index in [-0.39, 0.29) is 5.69 Å². The summed E-state index contributed by atoms with van der Waals surface area (Å²) in [5.74, 6) is 1.41. The van der Waals surface area contributed by atoms with Crippen molar-refractivity contribution in [3.63, 3.8) is 0 Å². The van der Waals surface area contributed by atoms with Gasteiger partial charge < -0.3 is 19.6 Å². The maximum Gasteiger partial charge on any atom is 0.360 e. The second kappa shape index (κ2) is 5.72. The lowest BCUT2D eigenvalue weighted by atomic mass is 10.3. The summed E-state index contributed by atoms with van der Waals surface area (Å²) in [6.45, 7) is 2.55. The van der Waals surface area contributed by atoms with Crippen molar-refractivity contribution in [2.45, 2.75) is 26.3 Å². The number of imidazole rings is 1. The number of nitrogens with zero attached hydrogens (tertiary/aromatic N) is 5. The van der Waals surface area contributed by atoms with Gasteiger partial charge >= 0.3 is 5.97 Å². The third kappa shape index (κ3) is 2.49. The minimum atomic E-state index is -0.519. The maximum absolute atomic E-state index is 11.6. The molecule has 0 bridgehead atoms. The van der Waals surface area contributed by atoms with Gasteiger partial charge in [-0.2, -0.15) is 0 Å². The Morgan fingerprint density at radius 2 is 2.20 bits per heavy atom. The van der Waals surface area contributed by atoms with E-state index in [1.54, 1.807) is 6.33 Å². The zero-order valence-corrected chi connectivity index (χ0v) is 11.8. The number of ether oxygens (including phenoxy) is 1. The number of nitrogens with two attached hydrogens (primary N) is 1. The van der Waals surface area contributed by atoms with Crippen molar-refractivity contribution in [2.75, 3.05) is 12.8 Å². The van der Waals surface area contributed by atoms with Gasteiger partial charge in [0.1, 0.15) is 23.8 Å². The van der Waals surface area contributed by atoms with E-state index >= 15 is 0 Å². The summed E-state index contributed by atoms with van der Waals surface area (Å²) in [7, 11) is 3.19. The highest BCUT2D eigenvalue weighted by Crippen LogP contribution is 2.17. The first-order valence-electron chi connectivity index (χ1n) is 6.34. The Hall–Kier alpha value is -2.38. The summed E-state index contributed by atoms with van der Waals surface area (Å²) in [6, 6.07) is 0. The minimum Gasteiger partial charge on any atom is -0.464 e. The van der Waals surface area contributed by atoms with Crippen LogP contribution in [0.1, 0.15) is 29.1 Å². The Bertz CT molecular complexity index is 615. The van der Waals surface area contributed by atoms with Gasteiger partial charge in [0.25, 0.3) is 0 Å². The number of nitrogen functional groups attached to an aromatic ring is 1. The fourth-order valence-electron chi connectivity index (χ4n) is 2.03. The van der Waals surface area contributed by atoms with Crippen LogP contribution in [0.25, 0.3) is 0 Å². The third-order valence-corrected chi connectivity index (χ3v) is 3.14. The summed E-state index contributed by atoms with van der Waals surface area (Å²) in [5.41, 5.74) is 6.16. The number of carbonyl (C=O) groups excluding carboxylic acids is 1. The largest absolute Gasteiger partial charge is 0.464 e. The first-order chi connectivity index (χ1) is 9.58. The Morgan fingerprint density at radius 1 is 1.45 bits per heavy atom. The smallest absolute Gasteiger partial charge is 0.360 e. The fraction of sp³-hybridized carbons (Fsp3) is 0.500. The summed E-state index contributed by atoms with van der Waals surface area (Å²) >= 11 is 0. The molecule has 0 atom stereocenters. The summed E-state index contributed by atoms with van der Waals surface area (Å²) in [4.78, 5) is 15.8. The van der Waals surface area contributed by atoms with Crippen LogP contribution in [-0.4, -0.2) is 37.4 Å². The van der Waals surface area contributed by atoms with Gasteiger partial charge in [0.2, 0.25) is 0 Å². The van der Waals surface area contributed by atoms with Crippen LogP contribution in [0.5, 0.6) is 0 Å². The zero-order chi connectivity index (χ0) is 14.7. The van der Waals surface area contributed by atoms with E-state index in [2.05, 4.69) is 19.9 Å². The van der Waals surface area contributed by atoms with Crippen LogP contribution >= 0.6 is 0 Å². The number of methoxy groups -OCH3 is 1. The number of carbonyl (C=O) groups is 1. The lowest BCUT2D eigenvalue weighted by Gasteiger charge is -2.08. The molecule has 0 amide bonds. The van der Waals surface area contributed by atoms with Crippen LogP contribution in [0.3, 0.4) is 0 Å². The van der Waals surface area contributed by atoms with Gasteiger partial charge in [-0.05, 0) is 0 Å². The van der Waals surface area contributed by atoms with Crippen molar-refractivity contribution < 1.29 is 9.53 Å². The molecule has 0 fully saturated rings. The van der Waals surface area contributed by atoms with Crippen LogP contribution in [0.15, 0.2) is 6.33 Å². The highest BCUT2D eigenvalue weighted by Gasteiger charge is 2.20. The zero-order valence-electron chi connectivity index (χ0n) is 11.8. The number of rotatable bonds is 5. The molecule has 0 aliphatic carbocycles. The standard InChI is InChI=1S/C12H18N6O2/c1-4-8-15-10(12(19)20-3)11(13)18(8)6-5-9-16-14-7-17(9)2/h7H,4-6,13H2,1-3H3. The van der Waals surface area contributed by atoms with Gasteiger partial charge in [-0.1, -0.05) is 6.92 Å². The number of anilines is 1. The first-order valence-corrected chi connectivity index (χ1v) is 6.34. The predicted octanol–water partition coefficient (Wildman–Crippen LogP) is 0.185. The molecule has 2 aromatic rings. The number of aryl methyl sites for hydroxylation is 3. The molecule has 0 aliphatic rings. The van der Waals surface area contributed by atoms with Gasteiger partial charge in [-0.3, -0.25) is 0 Å². The molecule has 2 heterocycles. The molecule has 0 saturated carbocycles. The molecule has 8 heteroatoms. The molecular formula is C12H18N6O2. The highest BCUT2D eigenvalue weighted by molar-refractivity contribution is 5.92. The Balaban J connectivity index is 2.24. The average Bonchev–Trinajstić information content (AvgIpc) is 2.99. The second-order valence-electron chi connectivity index (χ2n) is 4.37. The van der Waals surface area contributed by atoms with Crippen molar-refractivity contribution in [1.29, 1.82) is 0 Å². The first kappa shape index (κ1) is 14.0. The molecule has 0 aromatic carbocycles. The van der Waals surface area contributed by atoms with Crippen molar-refractivity contribution in [2.24, 2.45) is 7.05 Å². The van der Waals surface area contributed by atoms with Gasteiger partial charge in [0.05, 0.1) is 7.11 Å². The van der Waals surface area contributed by atoms with E-state index in [1.165, 1.54) is 7.11 Å². The van der Waals surface area contributed by atoms with Gasteiger partial charge in [0, 0.05) is 26.4 Å². The van der Waals surface area contributed by atoms with Crippen molar-refractivity contribution >= 4 is 11.8 Å². The van der Waals surface area contributed by atoms with E-state index in [1.807, 2.05) is 23.1 Å². The number of aromatic nitrogens is 5. The van der Waals surface area contributed by atoms with E-state index < -0.39 is 5.97 Å².